The van der Waals surface area contributed by atoms with Crippen LogP contribution in [0.1, 0.15) is 109 Å². The minimum absolute atomic E-state index is 0.0101. The summed E-state index contributed by atoms with van der Waals surface area (Å²) in [5.74, 6) is 1.57. The molecule has 0 saturated heterocycles. The van der Waals surface area contributed by atoms with Gasteiger partial charge in [-0.1, -0.05) is 93.1 Å². The number of ether oxygens (including phenoxy) is 3. The highest BCUT2D eigenvalue weighted by Gasteiger charge is 2.59. The van der Waals surface area contributed by atoms with Gasteiger partial charge in [0.1, 0.15) is 25.4 Å². The van der Waals surface area contributed by atoms with Crippen LogP contribution in [0.2, 0.25) is 0 Å². The molecule has 0 heterocycles. The molecule has 3 fully saturated rings. The van der Waals surface area contributed by atoms with Gasteiger partial charge in [-0.25, -0.2) is 9.59 Å². The first kappa shape index (κ1) is 39.6. The molecule has 4 aliphatic rings. The second-order valence-corrected chi connectivity index (χ2v) is 16.9. The molecule has 6 rings (SSSR count). The van der Waals surface area contributed by atoms with Crippen LogP contribution in [0.3, 0.4) is 0 Å². The van der Waals surface area contributed by atoms with Crippen LogP contribution in [0.5, 0.6) is 0 Å². The summed E-state index contributed by atoms with van der Waals surface area (Å²) >= 11 is 0. The number of fused-ring (bicyclic) bond motifs is 5. The molecule has 0 aliphatic heterocycles. The van der Waals surface area contributed by atoms with Crippen LogP contribution in [0.25, 0.3) is 0 Å². The zero-order valence-corrected chi connectivity index (χ0v) is 32.6. The fourth-order valence-corrected chi connectivity index (χ4v) is 10.8. The minimum Gasteiger partial charge on any atom is -0.462 e. The summed E-state index contributed by atoms with van der Waals surface area (Å²) in [6, 6.07) is 18.0. The molecular formula is C45H60N2O7. The molecule has 2 amide bonds. The van der Waals surface area contributed by atoms with Crippen molar-refractivity contribution in [2.24, 2.45) is 40.4 Å². The Morgan fingerprint density at radius 3 is 2.20 bits per heavy atom. The number of rotatable bonds is 14. The molecule has 4 aliphatic carbocycles. The Bertz CT molecular complexity index is 1650. The molecule has 3 saturated carbocycles. The number of hydrogen-bond donors (Lipinski definition) is 2. The van der Waals surface area contributed by atoms with Crippen molar-refractivity contribution in [3.63, 3.8) is 0 Å². The molecule has 9 nitrogen and oxygen atoms in total. The fourth-order valence-electron chi connectivity index (χ4n) is 10.8. The Balaban J connectivity index is 0.983. The molecule has 0 spiro atoms. The monoisotopic (exact) mass is 740 g/mol. The van der Waals surface area contributed by atoms with E-state index in [2.05, 4.69) is 37.5 Å². The maximum atomic E-state index is 13.6. The number of allylic oxidation sites excluding steroid dienone is 1. The Morgan fingerprint density at radius 1 is 0.833 bits per heavy atom. The maximum absolute atomic E-state index is 13.6. The highest BCUT2D eigenvalue weighted by molar-refractivity contribution is 5.81. The molecular weight excluding hydrogens is 681 g/mol. The van der Waals surface area contributed by atoms with E-state index >= 15 is 0 Å². The number of esters is 2. The van der Waals surface area contributed by atoms with E-state index in [1.165, 1.54) is 25.3 Å². The zero-order valence-electron chi connectivity index (χ0n) is 32.6. The van der Waals surface area contributed by atoms with Crippen molar-refractivity contribution in [1.82, 2.24) is 10.6 Å². The first-order chi connectivity index (χ1) is 26.0. The average Bonchev–Trinajstić information content (AvgIpc) is 3.53. The molecule has 9 atom stereocenters. The molecule has 9 heteroatoms. The lowest BCUT2D eigenvalue weighted by atomic mass is 9.47. The molecule has 2 N–H and O–H groups in total. The molecule has 0 aromatic heterocycles. The Hall–Kier alpha value is -4.14. The second-order valence-electron chi connectivity index (χ2n) is 16.9. The van der Waals surface area contributed by atoms with Crippen molar-refractivity contribution in [1.29, 1.82) is 0 Å². The molecule has 1 unspecified atom stereocenters. The Kier molecular flexibility index (Phi) is 12.9. The van der Waals surface area contributed by atoms with E-state index < -0.39 is 18.1 Å². The number of carbonyl (C=O) groups is 4. The fraction of sp³-hybridized carbons (Fsp3) is 0.600. The number of amides is 2. The predicted octanol–water partition coefficient (Wildman–Crippen LogP) is 8.46. The van der Waals surface area contributed by atoms with Gasteiger partial charge in [-0.05, 0) is 110 Å². The van der Waals surface area contributed by atoms with Gasteiger partial charge in [-0.2, -0.15) is 0 Å². The second kappa shape index (κ2) is 17.5. The van der Waals surface area contributed by atoms with Crippen LogP contribution in [-0.2, 0) is 41.8 Å². The Labute approximate surface area is 321 Å². The normalized spacial score (nSPS) is 29.6. The highest BCUT2D eigenvalue weighted by Crippen LogP contribution is 2.67. The molecule has 54 heavy (non-hydrogen) atoms. The van der Waals surface area contributed by atoms with E-state index in [-0.39, 0.29) is 47.9 Å². The van der Waals surface area contributed by atoms with Gasteiger partial charge in [0.15, 0.2) is 0 Å². The summed E-state index contributed by atoms with van der Waals surface area (Å²) in [6.07, 6.45) is 12.1. The van der Waals surface area contributed by atoms with Crippen LogP contribution < -0.4 is 10.6 Å². The van der Waals surface area contributed by atoms with E-state index in [4.69, 9.17) is 14.2 Å². The summed E-state index contributed by atoms with van der Waals surface area (Å²) in [4.78, 5) is 51.1. The van der Waals surface area contributed by atoms with Crippen molar-refractivity contribution in [2.75, 3.05) is 6.54 Å². The first-order valence-electron chi connectivity index (χ1n) is 20.3. The quantitative estimate of drug-likeness (QED) is 0.0863. The largest absolute Gasteiger partial charge is 0.462 e. The number of carbonyl (C=O) groups excluding carboxylic acids is 4. The van der Waals surface area contributed by atoms with Gasteiger partial charge in [0.05, 0.1) is 0 Å². The van der Waals surface area contributed by atoms with Gasteiger partial charge in [0.25, 0.3) is 0 Å². The lowest BCUT2D eigenvalue weighted by molar-refractivity contribution is -0.149. The smallest absolute Gasteiger partial charge is 0.408 e. The third-order valence-corrected chi connectivity index (χ3v) is 13.7. The molecule has 2 aromatic carbocycles. The number of hydrogen-bond acceptors (Lipinski definition) is 7. The average molecular weight is 741 g/mol. The van der Waals surface area contributed by atoms with Gasteiger partial charge < -0.3 is 24.8 Å². The van der Waals surface area contributed by atoms with Crippen LogP contribution in [-0.4, -0.2) is 42.6 Å². The van der Waals surface area contributed by atoms with Crippen LogP contribution in [0.4, 0.5) is 4.79 Å². The number of alkyl carbamates (subject to hydrolysis) is 1. The van der Waals surface area contributed by atoms with Gasteiger partial charge in [-0.15, -0.1) is 0 Å². The van der Waals surface area contributed by atoms with E-state index in [1.807, 2.05) is 60.7 Å². The lowest BCUT2D eigenvalue weighted by Crippen LogP contribution is -2.51. The third-order valence-electron chi connectivity index (χ3n) is 13.7. The molecule has 0 radical (unpaired) electrons. The highest BCUT2D eigenvalue weighted by atomic mass is 16.6. The lowest BCUT2D eigenvalue weighted by Gasteiger charge is -2.58. The summed E-state index contributed by atoms with van der Waals surface area (Å²) in [6.45, 7) is 9.27. The maximum Gasteiger partial charge on any atom is 0.408 e. The van der Waals surface area contributed by atoms with E-state index in [0.717, 1.165) is 49.7 Å². The predicted molar refractivity (Wildman–Crippen MR) is 207 cm³/mol. The molecule has 0 bridgehead atoms. The third kappa shape index (κ3) is 9.03. The summed E-state index contributed by atoms with van der Waals surface area (Å²) < 4.78 is 16.6. The molecule has 2 aromatic rings. The Morgan fingerprint density at radius 2 is 1.52 bits per heavy atom. The summed E-state index contributed by atoms with van der Waals surface area (Å²) in [5, 5.41) is 5.92. The SMILES string of the molecule is CC(=O)O[C@H]1CC[C@@]2(C)C(=CCC3[C@@H]4CC[C@H]([C@H](C)C(=O)NCCCC[C@H](NC(=O)OCc5ccccc5)C(=O)OCc5ccccc5)[C@@]4(C)CC[C@@H]32)C1. The van der Waals surface area contributed by atoms with Gasteiger partial charge in [0.2, 0.25) is 5.91 Å². The summed E-state index contributed by atoms with van der Waals surface area (Å²) in [5.41, 5.74) is 3.54. The van der Waals surface area contributed by atoms with Gasteiger partial charge >= 0.3 is 18.0 Å². The minimum atomic E-state index is -0.867. The van der Waals surface area contributed by atoms with E-state index in [1.54, 1.807) is 0 Å². The van der Waals surface area contributed by atoms with Crippen molar-refractivity contribution in [2.45, 2.75) is 124 Å². The summed E-state index contributed by atoms with van der Waals surface area (Å²) in [7, 11) is 0. The zero-order chi connectivity index (χ0) is 38.3. The molecule has 292 valence electrons. The number of benzene rings is 2. The van der Waals surface area contributed by atoms with Crippen LogP contribution >= 0.6 is 0 Å². The van der Waals surface area contributed by atoms with Crippen molar-refractivity contribution in [3.8, 4) is 0 Å². The van der Waals surface area contributed by atoms with Gasteiger partial charge in [-0.3, -0.25) is 9.59 Å². The van der Waals surface area contributed by atoms with E-state index in [0.29, 0.717) is 49.5 Å². The van der Waals surface area contributed by atoms with Crippen molar-refractivity contribution in [3.05, 3.63) is 83.4 Å². The number of nitrogens with one attached hydrogen (secondary N) is 2. The first-order valence-corrected chi connectivity index (χ1v) is 20.3. The van der Waals surface area contributed by atoms with Crippen molar-refractivity contribution >= 4 is 23.9 Å². The van der Waals surface area contributed by atoms with Crippen molar-refractivity contribution < 1.29 is 33.4 Å². The topological polar surface area (TPSA) is 120 Å². The number of unbranched alkanes of at least 4 members (excludes halogenated alkanes) is 1. The van der Waals surface area contributed by atoms with Crippen LogP contribution in [0, 0.1) is 40.4 Å². The van der Waals surface area contributed by atoms with Gasteiger partial charge in [0, 0.05) is 25.8 Å². The van der Waals surface area contributed by atoms with Crippen LogP contribution in [0.15, 0.2) is 72.3 Å². The standard InChI is InChI=1S/C45H60N2O7/c1-30(37-20-21-38-36-19-18-34-27-35(54-31(2)48)22-24-44(34,3)39(36)23-25-45(37,38)4)41(49)46-26-12-11-17-40(42(50)52-28-32-13-7-5-8-14-32)47-43(51)53-29-33-15-9-6-10-16-33/h5-10,13-16,18,30,35-40H,11-12,17,19-29H2,1-4H3,(H,46,49)(H,47,51)/t30-,35-,36?,37+,38-,39-,40-,44-,45+/m0/s1. The van der Waals surface area contributed by atoms with E-state index in [9.17, 15) is 19.2 Å².